The van der Waals surface area contributed by atoms with Gasteiger partial charge in [0.15, 0.2) is 5.13 Å². The van der Waals surface area contributed by atoms with Gasteiger partial charge in [0.05, 0.1) is 12.3 Å². The summed E-state index contributed by atoms with van der Waals surface area (Å²) >= 11 is 1.41. The number of thiazole rings is 1. The zero-order valence-corrected chi connectivity index (χ0v) is 10.1. The van der Waals surface area contributed by atoms with Crippen LogP contribution in [0.5, 0.6) is 5.75 Å². The Balaban J connectivity index is 2.21. The fourth-order valence-electron chi connectivity index (χ4n) is 1.46. The molecular formula is C12H14N2O2S. The molecule has 0 unspecified atom stereocenters. The van der Waals surface area contributed by atoms with Gasteiger partial charge in [-0.25, -0.2) is 4.98 Å². The first-order valence-electron chi connectivity index (χ1n) is 5.35. The summed E-state index contributed by atoms with van der Waals surface area (Å²) in [7, 11) is 0. The Bertz CT molecular complexity index is 485. The van der Waals surface area contributed by atoms with Crippen LogP contribution in [0.25, 0.3) is 11.3 Å². The number of nitrogens with two attached hydrogens (primary N) is 1. The van der Waals surface area contributed by atoms with Crippen molar-refractivity contribution in [2.75, 3.05) is 18.9 Å². The molecule has 2 rings (SSSR count). The lowest BCUT2D eigenvalue weighted by Crippen LogP contribution is -2.00. The van der Waals surface area contributed by atoms with Gasteiger partial charge in [-0.2, -0.15) is 0 Å². The van der Waals surface area contributed by atoms with Crippen molar-refractivity contribution in [2.45, 2.75) is 6.42 Å². The standard InChI is InChI=1S/C12H14N2O2S/c13-12-14-10(8-17-12)9-4-1-2-5-11(9)16-7-3-6-15/h1-2,4-5,8,15H,3,6-7H2,(H2,13,14). The van der Waals surface area contributed by atoms with E-state index in [9.17, 15) is 0 Å². The third kappa shape index (κ3) is 2.95. The maximum atomic E-state index is 8.73. The van der Waals surface area contributed by atoms with Crippen molar-refractivity contribution in [1.29, 1.82) is 0 Å². The molecule has 0 saturated heterocycles. The maximum absolute atomic E-state index is 8.73. The third-order valence-electron chi connectivity index (χ3n) is 2.24. The Labute approximate surface area is 104 Å². The number of rotatable bonds is 5. The number of hydrogen-bond donors (Lipinski definition) is 2. The van der Waals surface area contributed by atoms with Crippen LogP contribution in [0.1, 0.15) is 6.42 Å². The van der Waals surface area contributed by atoms with E-state index in [4.69, 9.17) is 15.6 Å². The highest BCUT2D eigenvalue weighted by molar-refractivity contribution is 7.13. The SMILES string of the molecule is Nc1nc(-c2ccccc2OCCCO)cs1. The second-order valence-corrected chi connectivity index (χ2v) is 4.38. The van der Waals surface area contributed by atoms with Gasteiger partial charge in [-0.1, -0.05) is 12.1 Å². The summed E-state index contributed by atoms with van der Waals surface area (Å²) in [6, 6.07) is 7.68. The lowest BCUT2D eigenvalue weighted by Gasteiger charge is -2.09. The smallest absolute Gasteiger partial charge is 0.180 e. The highest BCUT2D eigenvalue weighted by Gasteiger charge is 2.08. The number of anilines is 1. The number of benzene rings is 1. The van der Waals surface area contributed by atoms with Crippen molar-refractivity contribution >= 4 is 16.5 Å². The zero-order chi connectivity index (χ0) is 12.1. The van der Waals surface area contributed by atoms with Gasteiger partial charge < -0.3 is 15.6 Å². The zero-order valence-electron chi connectivity index (χ0n) is 9.30. The molecule has 4 nitrogen and oxygen atoms in total. The minimum absolute atomic E-state index is 0.131. The Morgan fingerprint density at radius 1 is 1.35 bits per heavy atom. The van der Waals surface area contributed by atoms with Crippen LogP contribution in [-0.2, 0) is 0 Å². The molecule has 0 aliphatic carbocycles. The van der Waals surface area contributed by atoms with E-state index in [0.29, 0.717) is 18.2 Å². The van der Waals surface area contributed by atoms with E-state index in [0.717, 1.165) is 17.0 Å². The number of aliphatic hydroxyl groups excluding tert-OH is 1. The van der Waals surface area contributed by atoms with Crippen LogP contribution in [0.2, 0.25) is 0 Å². The highest BCUT2D eigenvalue weighted by atomic mass is 32.1. The second kappa shape index (κ2) is 5.65. The molecule has 0 amide bonds. The molecule has 17 heavy (non-hydrogen) atoms. The van der Waals surface area contributed by atoms with E-state index < -0.39 is 0 Å². The van der Waals surface area contributed by atoms with Gasteiger partial charge in [0, 0.05) is 24.0 Å². The molecule has 0 radical (unpaired) electrons. The molecule has 0 spiro atoms. The molecule has 0 fully saturated rings. The van der Waals surface area contributed by atoms with Crippen molar-refractivity contribution in [1.82, 2.24) is 4.98 Å². The van der Waals surface area contributed by atoms with E-state index in [1.54, 1.807) is 0 Å². The first kappa shape index (κ1) is 11.9. The maximum Gasteiger partial charge on any atom is 0.180 e. The number of aliphatic hydroxyl groups is 1. The van der Waals surface area contributed by atoms with Gasteiger partial charge in [0.2, 0.25) is 0 Å². The molecule has 1 aromatic carbocycles. The van der Waals surface area contributed by atoms with E-state index in [1.165, 1.54) is 11.3 Å². The van der Waals surface area contributed by atoms with Crippen molar-refractivity contribution < 1.29 is 9.84 Å². The van der Waals surface area contributed by atoms with E-state index in [1.807, 2.05) is 29.6 Å². The molecule has 1 aromatic heterocycles. The van der Waals surface area contributed by atoms with Crippen LogP contribution in [0.3, 0.4) is 0 Å². The first-order valence-corrected chi connectivity index (χ1v) is 6.23. The van der Waals surface area contributed by atoms with Crippen LogP contribution in [0.15, 0.2) is 29.6 Å². The van der Waals surface area contributed by atoms with Gasteiger partial charge in [-0.05, 0) is 12.1 Å². The lowest BCUT2D eigenvalue weighted by atomic mass is 10.1. The Morgan fingerprint density at radius 2 is 2.18 bits per heavy atom. The van der Waals surface area contributed by atoms with Crippen molar-refractivity contribution in [3.8, 4) is 17.0 Å². The Kier molecular flexibility index (Phi) is 3.95. The fourth-order valence-corrected chi connectivity index (χ4v) is 2.03. The van der Waals surface area contributed by atoms with E-state index in [-0.39, 0.29) is 6.61 Å². The molecular weight excluding hydrogens is 236 g/mol. The van der Waals surface area contributed by atoms with Gasteiger partial charge in [0.25, 0.3) is 0 Å². The van der Waals surface area contributed by atoms with Gasteiger partial charge in [0.1, 0.15) is 5.75 Å². The Hall–Kier alpha value is -1.59. The quantitative estimate of drug-likeness (QED) is 0.798. The summed E-state index contributed by atoms with van der Waals surface area (Å²) in [4.78, 5) is 4.24. The molecule has 3 N–H and O–H groups in total. The van der Waals surface area contributed by atoms with Gasteiger partial charge in [-0.3, -0.25) is 0 Å². The number of para-hydroxylation sites is 1. The number of nitrogen functional groups attached to an aromatic ring is 1. The summed E-state index contributed by atoms with van der Waals surface area (Å²) in [5.41, 5.74) is 7.38. The molecule has 90 valence electrons. The normalized spacial score (nSPS) is 10.4. The number of nitrogens with zero attached hydrogens (tertiary/aromatic N) is 1. The molecule has 0 saturated carbocycles. The Morgan fingerprint density at radius 3 is 2.88 bits per heavy atom. The lowest BCUT2D eigenvalue weighted by molar-refractivity contribution is 0.234. The van der Waals surface area contributed by atoms with E-state index >= 15 is 0 Å². The van der Waals surface area contributed by atoms with Gasteiger partial charge >= 0.3 is 0 Å². The summed E-state index contributed by atoms with van der Waals surface area (Å²) < 4.78 is 5.61. The van der Waals surface area contributed by atoms with Gasteiger partial charge in [-0.15, -0.1) is 11.3 Å². The molecule has 0 bridgehead atoms. The van der Waals surface area contributed by atoms with Crippen molar-refractivity contribution in [3.05, 3.63) is 29.6 Å². The third-order valence-corrected chi connectivity index (χ3v) is 2.92. The number of ether oxygens (including phenoxy) is 1. The minimum Gasteiger partial charge on any atom is -0.493 e. The fraction of sp³-hybridized carbons (Fsp3) is 0.250. The first-order chi connectivity index (χ1) is 8.31. The molecule has 0 atom stereocenters. The highest BCUT2D eigenvalue weighted by Crippen LogP contribution is 2.31. The van der Waals surface area contributed by atoms with Crippen LogP contribution >= 0.6 is 11.3 Å². The predicted octanol–water partition coefficient (Wildman–Crippen LogP) is 2.15. The summed E-state index contributed by atoms with van der Waals surface area (Å²) in [6.07, 6.45) is 0.619. The molecule has 2 aromatic rings. The van der Waals surface area contributed by atoms with Crippen LogP contribution in [-0.4, -0.2) is 23.3 Å². The average Bonchev–Trinajstić information content (AvgIpc) is 2.77. The number of aromatic nitrogens is 1. The van der Waals surface area contributed by atoms with Crippen molar-refractivity contribution in [3.63, 3.8) is 0 Å². The van der Waals surface area contributed by atoms with Crippen molar-refractivity contribution in [2.24, 2.45) is 0 Å². The molecule has 0 aliphatic rings. The summed E-state index contributed by atoms with van der Waals surface area (Å²) in [6.45, 7) is 0.624. The second-order valence-electron chi connectivity index (χ2n) is 3.49. The average molecular weight is 250 g/mol. The van der Waals surface area contributed by atoms with Crippen LogP contribution in [0, 0.1) is 0 Å². The van der Waals surface area contributed by atoms with Crippen LogP contribution < -0.4 is 10.5 Å². The molecule has 0 aliphatic heterocycles. The molecule has 1 heterocycles. The number of hydrogen-bond acceptors (Lipinski definition) is 5. The summed E-state index contributed by atoms with van der Waals surface area (Å²) in [5.74, 6) is 0.770. The summed E-state index contributed by atoms with van der Waals surface area (Å²) in [5, 5.41) is 11.2. The predicted molar refractivity (Wildman–Crippen MR) is 69.2 cm³/mol. The van der Waals surface area contributed by atoms with E-state index in [2.05, 4.69) is 4.98 Å². The topological polar surface area (TPSA) is 68.4 Å². The monoisotopic (exact) mass is 250 g/mol. The molecule has 5 heteroatoms. The minimum atomic E-state index is 0.131. The van der Waals surface area contributed by atoms with Crippen LogP contribution in [0.4, 0.5) is 5.13 Å². The largest absolute Gasteiger partial charge is 0.493 e.